The Morgan fingerprint density at radius 2 is 1.71 bits per heavy atom. The highest BCUT2D eigenvalue weighted by Crippen LogP contribution is 2.30. The van der Waals surface area contributed by atoms with Gasteiger partial charge in [-0.1, -0.05) is 12.1 Å². The number of carbonyl (C=O) groups excluding carboxylic acids is 1. The molecule has 76 valence electrons. The topological polar surface area (TPSA) is 17.1 Å². The third-order valence-electron chi connectivity index (χ3n) is 1.68. The molecule has 5 heteroatoms. The standard InChI is InChI=1S/C9H6ClF3O/c10-8(5-14)6-1-3-7(4-2-6)9(11,12)13/h1-5,8H. The van der Waals surface area contributed by atoms with Crippen molar-refractivity contribution in [1.82, 2.24) is 0 Å². The first kappa shape index (κ1) is 11.0. The Balaban J connectivity index is 2.95. The molecule has 1 rings (SSSR count). The van der Waals surface area contributed by atoms with Crippen molar-refractivity contribution in [2.75, 3.05) is 0 Å². The molecule has 1 atom stereocenters. The summed E-state index contributed by atoms with van der Waals surface area (Å²) in [6.07, 6.45) is -3.90. The maximum Gasteiger partial charge on any atom is 0.416 e. The Morgan fingerprint density at radius 1 is 1.21 bits per heavy atom. The molecule has 0 spiro atoms. The van der Waals surface area contributed by atoms with Gasteiger partial charge in [0.05, 0.1) is 5.56 Å². The average molecular weight is 223 g/mol. The fraction of sp³-hybridized carbons (Fsp3) is 0.222. The second-order valence-corrected chi connectivity index (χ2v) is 3.13. The molecule has 0 saturated carbocycles. The van der Waals surface area contributed by atoms with Crippen LogP contribution in [0.4, 0.5) is 13.2 Å². The number of alkyl halides is 4. The quantitative estimate of drug-likeness (QED) is 0.555. The first-order valence-corrected chi connectivity index (χ1v) is 4.15. The largest absolute Gasteiger partial charge is 0.416 e. The zero-order valence-corrected chi connectivity index (χ0v) is 7.64. The number of hydrogen-bond acceptors (Lipinski definition) is 1. The maximum absolute atomic E-state index is 12.1. The van der Waals surface area contributed by atoms with E-state index >= 15 is 0 Å². The van der Waals surface area contributed by atoms with E-state index in [-0.39, 0.29) is 0 Å². The Labute approximate surface area is 83.5 Å². The van der Waals surface area contributed by atoms with Gasteiger partial charge in [0.25, 0.3) is 0 Å². The summed E-state index contributed by atoms with van der Waals surface area (Å²) in [4.78, 5) is 10.2. The molecule has 0 fully saturated rings. The number of hydrogen-bond donors (Lipinski definition) is 0. The van der Waals surface area contributed by atoms with Gasteiger partial charge in [0.15, 0.2) is 0 Å². The third kappa shape index (κ3) is 2.48. The van der Waals surface area contributed by atoms with Crippen molar-refractivity contribution in [3.8, 4) is 0 Å². The van der Waals surface area contributed by atoms with E-state index in [0.717, 1.165) is 12.1 Å². The Kier molecular flexibility index (Phi) is 3.16. The minimum atomic E-state index is -4.36. The van der Waals surface area contributed by atoms with E-state index in [9.17, 15) is 18.0 Å². The van der Waals surface area contributed by atoms with Gasteiger partial charge in [-0.3, -0.25) is 0 Å². The SMILES string of the molecule is O=CC(Cl)c1ccc(C(F)(F)F)cc1. The predicted molar refractivity (Wildman–Crippen MR) is 46.1 cm³/mol. The van der Waals surface area contributed by atoms with Crippen molar-refractivity contribution in [3.05, 3.63) is 35.4 Å². The maximum atomic E-state index is 12.1. The van der Waals surface area contributed by atoms with Crippen LogP contribution >= 0.6 is 11.6 Å². The molecule has 0 aliphatic carbocycles. The van der Waals surface area contributed by atoms with Crippen LogP contribution in [0.5, 0.6) is 0 Å². The molecule has 14 heavy (non-hydrogen) atoms. The minimum Gasteiger partial charge on any atom is -0.301 e. The van der Waals surface area contributed by atoms with Gasteiger partial charge in [-0.25, -0.2) is 0 Å². The number of benzene rings is 1. The molecular formula is C9H6ClF3O. The van der Waals surface area contributed by atoms with E-state index in [2.05, 4.69) is 0 Å². The third-order valence-corrected chi connectivity index (χ3v) is 2.03. The predicted octanol–water partition coefficient (Wildman–Crippen LogP) is 3.18. The van der Waals surface area contributed by atoms with E-state index < -0.39 is 17.1 Å². The number of aldehydes is 1. The monoisotopic (exact) mass is 222 g/mol. The number of carbonyl (C=O) groups is 1. The van der Waals surface area contributed by atoms with Gasteiger partial charge >= 0.3 is 6.18 Å². The van der Waals surface area contributed by atoms with Crippen LogP contribution in [0, 0.1) is 0 Å². The Hall–Kier alpha value is -1.03. The van der Waals surface area contributed by atoms with Crippen LogP contribution in [0.15, 0.2) is 24.3 Å². The molecule has 0 aliphatic heterocycles. The number of rotatable bonds is 2. The molecule has 0 aliphatic rings. The lowest BCUT2D eigenvalue weighted by molar-refractivity contribution is -0.137. The molecule has 0 aromatic heterocycles. The van der Waals surface area contributed by atoms with E-state index in [1.807, 2.05) is 0 Å². The summed E-state index contributed by atoms with van der Waals surface area (Å²) in [5.41, 5.74) is -0.398. The van der Waals surface area contributed by atoms with Gasteiger partial charge in [-0.15, -0.1) is 11.6 Å². The molecule has 1 nitrogen and oxygen atoms in total. The van der Waals surface area contributed by atoms with Crippen molar-refractivity contribution in [2.45, 2.75) is 11.6 Å². The van der Waals surface area contributed by atoms with Crippen LogP contribution in [-0.2, 0) is 11.0 Å². The minimum absolute atomic E-state index is 0.356. The molecule has 0 heterocycles. The highest BCUT2D eigenvalue weighted by Gasteiger charge is 2.30. The first-order valence-electron chi connectivity index (χ1n) is 3.71. The van der Waals surface area contributed by atoms with Crippen molar-refractivity contribution >= 4 is 17.9 Å². The second kappa shape index (κ2) is 4.00. The summed E-state index contributed by atoms with van der Waals surface area (Å²) in [6, 6.07) is 4.17. The lowest BCUT2D eigenvalue weighted by atomic mass is 10.1. The fourth-order valence-corrected chi connectivity index (χ4v) is 1.08. The van der Waals surface area contributed by atoms with Crippen molar-refractivity contribution < 1.29 is 18.0 Å². The van der Waals surface area contributed by atoms with Gasteiger partial charge in [0.2, 0.25) is 0 Å². The molecule has 1 aromatic rings. The Bertz CT molecular complexity index is 318. The van der Waals surface area contributed by atoms with Gasteiger partial charge in [0.1, 0.15) is 11.7 Å². The normalized spacial score (nSPS) is 13.7. The number of halogens is 4. The van der Waals surface area contributed by atoms with E-state index in [4.69, 9.17) is 11.6 Å². The van der Waals surface area contributed by atoms with Crippen LogP contribution in [-0.4, -0.2) is 6.29 Å². The Morgan fingerprint density at radius 3 is 2.07 bits per heavy atom. The van der Waals surface area contributed by atoms with E-state index in [1.165, 1.54) is 12.1 Å². The average Bonchev–Trinajstić information content (AvgIpc) is 2.15. The van der Waals surface area contributed by atoms with E-state index in [0.29, 0.717) is 11.8 Å². The van der Waals surface area contributed by atoms with Crippen LogP contribution < -0.4 is 0 Å². The summed E-state index contributed by atoms with van der Waals surface area (Å²) < 4.78 is 36.3. The van der Waals surface area contributed by atoms with Crippen LogP contribution in [0.1, 0.15) is 16.5 Å². The van der Waals surface area contributed by atoms with Crippen molar-refractivity contribution in [1.29, 1.82) is 0 Å². The first-order chi connectivity index (χ1) is 6.45. The van der Waals surface area contributed by atoms with Crippen molar-refractivity contribution in [3.63, 3.8) is 0 Å². The molecular weight excluding hydrogens is 217 g/mol. The van der Waals surface area contributed by atoms with Crippen molar-refractivity contribution in [2.24, 2.45) is 0 Å². The molecule has 1 aromatic carbocycles. The fourth-order valence-electron chi connectivity index (χ4n) is 0.935. The lowest BCUT2D eigenvalue weighted by Gasteiger charge is -2.07. The second-order valence-electron chi connectivity index (χ2n) is 2.66. The lowest BCUT2D eigenvalue weighted by Crippen LogP contribution is -2.04. The van der Waals surface area contributed by atoms with Gasteiger partial charge < -0.3 is 4.79 Å². The summed E-state index contributed by atoms with van der Waals surface area (Å²) in [7, 11) is 0. The molecule has 1 unspecified atom stereocenters. The highest BCUT2D eigenvalue weighted by molar-refractivity contribution is 6.27. The summed E-state index contributed by atoms with van der Waals surface area (Å²) in [5.74, 6) is 0. The molecule has 0 bridgehead atoms. The molecule has 0 radical (unpaired) electrons. The molecule has 0 amide bonds. The van der Waals surface area contributed by atoms with Crippen LogP contribution in [0.25, 0.3) is 0 Å². The summed E-state index contributed by atoms with van der Waals surface area (Å²) >= 11 is 5.51. The summed E-state index contributed by atoms with van der Waals surface area (Å²) in [6.45, 7) is 0. The van der Waals surface area contributed by atoms with Gasteiger partial charge in [-0.2, -0.15) is 13.2 Å². The zero-order valence-electron chi connectivity index (χ0n) is 6.88. The van der Waals surface area contributed by atoms with Crippen LogP contribution in [0.2, 0.25) is 0 Å². The van der Waals surface area contributed by atoms with Gasteiger partial charge in [0, 0.05) is 0 Å². The van der Waals surface area contributed by atoms with E-state index in [1.54, 1.807) is 0 Å². The molecule has 0 N–H and O–H groups in total. The molecule has 0 saturated heterocycles. The summed E-state index contributed by atoms with van der Waals surface area (Å²) in [5, 5.41) is -0.891. The smallest absolute Gasteiger partial charge is 0.301 e. The zero-order chi connectivity index (χ0) is 10.8. The van der Waals surface area contributed by atoms with Gasteiger partial charge in [-0.05, 0) is 17.7 Å². The highest BCUT2D eigenvalue weighted by atomic mass is 35.5. The van der Waals surface area contributed by atoms with Crippen LogP contribution in [0.3, 0.4) is 0 Å².